The predicted octanol–water partition coefficient (Wildman–Crippen LogP) is 3.99. The van der Waals surface area contributed by atoms with E-state index in [1.807, 2.05) is 35.3 Å². The number of para-hydroxylation sites is 1. The van der Waals surface area contributed by atoms with Crippen LogP contribution in [0.25, 0.3) is 10.9 Å². The molecule has 0 aliphatic heterocycles. The van der Waals surface area contributed by atoms with Gasteiger partial charge >= 0.3 is 0 Å². The summed E-state index contributed by atoms with van der Waals surface area (Å²) in [5.74, 6) is 0. The highest BCUT2D eigenvalue weighted by Crippen LogP contribution is 2.35. The first-order chi connectivity index (χ1) is 9.72. The molecule has 0 saturated heterocycles. The zero-order valence-corrected chi connectivity index (χ0v) is 13.0. The Hall–Kier alpha value is -1.36. The lowest BCUT2D eigenvalue weighted by atomic mass is 10.1. The Labute approximate surface area is 127 Å². The van der Waals surface area contributed by atoms with Crippen LogP contribution in [0.3, 0.4) is 0 Å². The maximum Gasteiger partial charge on any atom is 0.0926 e. The minimum Gasteiger partial charge on any atom is -0.304 e. The minimum absolute atomic E-state index is 0.0404. The lowest BCUT2D eigenvalue weighted by Crippen LogP contribution is -2.22. The fraction of sp³-hybridized carbons (Fsp3) is 0.267. The van der Waals surface area contributed by atoms with E-state index in [0.717, 1.165) is 27.7 Å². The van der Waals surface area contributed by atoms with Crippen LogP contribution >= 0.6 is 22.9 Å². The predicted molar refractivity (Wildman–Crippen MR) is 85.6 cm³/mol. The molecule has 0 spiro atoms. The maximum atomic E-state index is 6.31. The van der Waals surface area contributed by atoms with Crippen LogP contribution in [0.2, 0.25) is 5.02 Å². The number of benzene rings is 1. The van der Waals surface area contributed by atoms with Gasteiger partial charge in [0.05, 0.1) is 22.3 Å². The lowest BCUT2D eigenvalue weighted by molar-refractivity contribution is 0.612. The van der Waals surface area contributed by atoms with Gasteiger partial charge < -0.3 is 5.32 Å². The summed E-state index contributed by atoms with van der Waals surface area (Å²) in [4.78, 5) is 1.12. The Morgan fingerprint density at radius 1 is 1.35 bits per heavy atom. The Balaban J connectivity index is 2.18. The fourth-order valence-electron chi connectivity index (χ4n) is 2.48. The summed E-state index contributed by atoms with van der Waals surface area (Å²) in [7, 11) is 1.98. The third-order valence-electron chi connectivity index (χ3n) is 3.38. The number of nitrogens with one attached hydrogen (secondary N) is 1. The Bertz CT molecular complexity index is 732. The van der Waals surface area contributed by atoms with Crippen LogP contribution in [-0.2, 0) is 7.05 Å². The third kappa shape index (κ3) is 2.24. The molecule has 3 nitrogen and oxygen atoms in total. The second-order valence-electron chi connectivity index (χ2n) is 4.65. The van der Waals surface area contributed by atoms with Gasteiger partial charge in [-0.3, -0.25) is 4.68 Å². The maximum absolute atomic E-state index is 6.31. The molecular formula is C15H16ClN3S. The van der Waals surface area contributed by atoms with Crippen molar-refractivity contribution in [2.75, 3.05) is 6.54 Å². The first-order valence-electron chi connectivity index (χ1n) is 6.60. The molecule has 1 unspecified atom stereocenters. The summed E-state index contributed by atoms with van der Waals surface area (Å²) in [6.07, 6.45) is 0. The van der Waals surface area contributed by atoms with Crippen molar-refractivity contribution in [1.29, 1.82) is 0 Å². The number of rotatable bonds is 4. The first-order valence-corrected chi connectivity index (χ1v) is 7.86. The van der Waals surface area contributed by atoms with Crippen LogP contribution in [-0.4, -0.2) is 16.3 Å². The number of hydrogen-bond donors (Lipinski definition) is 1. The lowest BCUT2D eigenvalue weighted by Gasteiger charge is -2.15. The zero-order valence-electron chi connectivity index (χ0n) is 11.4. The minimum atomic E-state index is 0.0404. The van der Waals surface area contributed by atoms with Crippen molar-refractivity contribution >= 4 is 33.8 Å². The Kier molecular flexibility index (Phi) is 3.78. The zero-order chi connectivity index (χ0) is 14.1. The molecule has 0 fully saturated rings. The monoisotopic (exact) mass is 305 g/mol. The summed E-state index contributed by atoms with van der Waals surface area (Å²) >= 11 is 7.98. The molecule has 20 heavy (non-hydrogen) atoms. The highest BCUT2D eigenvalue weighted by Gasteiger charge is 2.23. The molecule has 0 aliphatic carbocycles. The van der Waals surface area contributed by atoms with E-state index in [1.165, 1.54) is 5.39 Å². The summed E-state index contributed by atoms with van der Waals surface area (Å²) < 4.78 is 1.93. The second-order valence-corrected chi connectivity index (χ2v) is 6.00. The summed E-state index contributed by atoms with van der Waals surface area (Å²) in [6.45, 7) is 2.96. The van der Waals surface area contributed by atoms with Crippen molar-refractivity contribution in [3.05, 3.63) is 51.3 Å². The molecule has 3 rings (SSSR count). The molecule has 5 heteroatoms. The van der Waals surface area contributed by atoms with E-state index in [9.17, 15) is 0 Å². The van der Waals surface area contributed by atoms with E-state index in [4.69, 9.17) is 16.7 Å². The Morgan fingerprint density at radius 2 is 2.15 bits per heavy atom. The van der Waals surface area contributed by atoms with E-state index < -0.39 is 0 Å². The molecule has 104 valence electrons. The molecule has 3 aromatic rings. The van der Waals surface area contributed by atoms with Gasteiger partial charge in [-0.25, -0.2) is 0 Å². The average Bonchev–Trinajstić information content (AvgIpc) is 3.02. The SMILES string of the molecule is CCNC(c1sccc1Cl)c1nn(C)c2ccccc12. The first kappa shape index (κ1) is 13.6. The van der Waals surface area contributed by atoms with Crippen LogP contribution < -0.4 is 5.32 Å². The van der Waals surface area contributed by atoms with Gasteiger partial charge in [-0.05, 0) is 24.1 Å². The van der Waals surface area contributed by atoms with Crippen molar-refractivity contribution in [2.45, 2.75) is 13.0 Å². The molecule has 0 amide bonds. The standard InChI is InChI=1S/C15H16ClN3S/c1-3-17-14(15-11(16)8-9-20-15)13-10-6-4-5-7-12(10)19(2)18-13/h4-9,14,17H,3H2,1-2H3. The molecular weight excluding hydrogens is 290 g/mol. The van der Waals surface area contributed by atoms with Crippen molar-refractivity contribution < 1.29 is 0 Å². The number of fused-ring (bicyclic) bond motifs is 1. The van der Waals surface area contributed by atoms with Crippen LogP contribution in [0.15, 0.2) is 35.7 Å². The van der Waals surface area contributed by atoms with E-state index in [-0.39, 0.29) is 6.04 Å². The van der Waals surface area contributed by atoms with E-state index in [1.54, 1.807) is 11.3 Å². The van der Waals surface area contributed by atoms with Crippen molar-refractivity contribution in [2.24, 2.45) is 7.05 Å². The molecule has 0 bridgehead atoms. The molecule has 1 atom stereocenters. The number of aryl methyl sites for hydroxylation is 1. The van der Waals surface area contributed by atoms with E-state index in [0.29, 0.717) is 0 Å². The quantitative estimate of drug-likeness (QED) is 0.790. The van der Waals surface area contributed by atoms with Crippen molar-refractivity contribution in [3.8, 4) is 0 Å². The summed E-state index contributed by atoms with van der Waals surface area (Å²) in [5, 5.41) is 12.2. The van der Waals surface area contributed by atoms with Gasteiger partial charge in [0.1, 0.15) is 0 Å². The van der Waals surface area contributed by atoms with Gasteiger partial charge in [0.25, 0.3) is 0 Å². The Morgan fingerprint density at radius 3 is 2.85 bits per heavy atom. The van der Waals surface area contributed by atoms with Gasteiger partial charge in [0, 0.05) is 17.3 Å². The number of nitrogens with zero attached hydrogens (tertiary/aromatic N) is 2. The molecule has 1 N–H and O–H groups in total. The number of aromatic nitrogens is 2. The van der Waals surface area contributed by atoms with Gasteiger partial charge in [0.2, 0.25) is 0 Å². The largest absolute Gasteiger partial charge is 0.304 e. The van der Waals surface area contributed by atoms with E-state index in [2.05, 4.69) is 24.4 Å². The summed E-state index contributed by atoms with van der Waals surface area (Å²) in [5.41, 5.74) is 2.17. The number of hydrogen-bond acceptors (Lipinski definition) is 3. The number of halogens is 1. The van der Waals surface area contributed by atoms with Crippen LogP contribution in [0.4, 0.5) is 0 Å². The highest BCUT2D eigenvalue weighted by atomic mass is 35.5. The molecule has 0 radical (unpaired) electrons. The summed E-state index contributed by atoms with van der Waals surface area (Å²) in [6, 6.07) is 10.3. The van der Waals surface area contributed by atoms with Crippen LogP contribution in [0.1, 0.15) is 23.5 Å². The van der Waals surface area contributed by atoms with Gasteiger partial charge in [-0.2, -0.15) is 5.10 Å². The second kappa shape index (κ2) is 5.56. The third-order valence-corrected chi connectivity index (χ3v) is 4.80. The smallest absolute Gasteiger partial charge is 0.0926 e. The van der Waals surface area contributed by atoms with Crippen LogP contribution in [0, 0.1) is 0 Å². The molecule has 1 aromatic carbocycles. The van der Waals surface area contributed by atoms with Crippen molar-refractivity contribution in [1.82, 2.24) is 15.1 Å². The fourth-order valence-corrected chi connectivity index (χ4v) is 3.73. The van der Waals surface area contributed by atoms with Crippen molar-refractivity contribution in [3.63, 3.8) is 0 Å². The average molecular weight is 306 g/mol. The van der Waals surface area contributed by atoms with Gasteiger partial charge in [0.15, 0.2) is 0 Å². The molecule has 2 heterocycles. The number of thiophene rings is 1. The topological polar surface area (TPSA) is 29.9 Å². The van der Waals surface area contributed by atoms with Crippen LogP contribution in [0.5, 0.6) is 0 Å². The van der Waals surface area contributed by atoms with E-state index >= 15 is 0 Å². The normalized spacial score (nSPS) is 12.9. The van der Waals surface area contributed by atoms with Gasteiger partial charge in [-0.15, -0.1) is 11.3 Å². The molecule has 0 saturated carbocycles. The van der Waals surface area contributed by atoms with Gasteiger partial charge in [-0.1, -0.05) is 36.7 Å². The molecule has 2 aromatic heterocycles. The highest BCUT2D eigenvalue weighted by molar-refractivity contribution is 7.10. The molecule has 0 aliphatic rings.